The second-order valence-corrected chi connectivity index (χ2v) is 6.32. The summed E-state index contributed by atoms with van der Waals surface area (Å²) in [7, 11) is 3.95. The molecule has 2 rings (SSSR count). The summed E-state index contributed by atoms with van der Waals surface area (Å²) in [6.45, 7) is 2.06. The average molecular weight is 354 g/mol. The number of hydrogen-bond acceptors (Lipinski definition) is 4. The van der Waals surface area contributed by atoms with E-state index in [1.807, 2.05) is 80.5 Å². The number of carbonyl (C=O) groups is 2. The average Bonchev–Trinajstić information content (AvgIpc) is 2.66. The van der Waals surface area contributed by atoms with Crippen LogP contribution in [0.2, 0.25) is 0 Å². The zero-order valence-corrected chi connectivity index (χ0v) is 15.6. The third-order valence-electron chi connectivity index (χ3n) is 4.18. The monoisotopic (exact) mass is 354 g/mol. The minimum Gasteiger partial charge on any atom is -0.455 e. The van der Waals surface area contributed by atoms with E-state index >= 15 is 0 Å². The fourth-order valence-corrected chi connectivity index (χ4v) is 2.62. The molecule has 0 aliphatic carbocycles. The molecule has 138 valence electrons. The quantitative estimate of drug-likeness (QED) is 0.740. The van der Waals surface area contributed by atoms with Crippen LogP contribution < -0.4 is 10.2 Å². The van der Waals surface area contributed by atoms with Crippen molar-refractivity contribution in [3.8, 4) is 0 Å². The van der Waals surface area contributed by atoms with Crippen LogP contribution in [-0.2, 0) is 20.9 Å². The van der Waals surface area contributed by atoms with Gasteiger partial charge in [-0.2, -0.15) is 0 Å². The molecule has 0 saturated carbocycles. The minimum atomic E-state index is -0.371. The normalized spacial score (nSPS) is 11.5. The molecule has 0 aliphatic rings. The van der Waals surface area contributed by atoms with Crippen LogP contribution in [0.25, 0.3) is 0 Å². The van der Waals surface area contributed by atoms with Crippen LogP contribution in [0.15, 0.2) is 54.6 Å². The van der Waals surface area contributed by atoms with Crippen molar-refractivity contribution in [3.63, 3.8) is 0 Å². The van der Waals surface area contributed by atoms with Gasteiger partial charge in [0, 0.05) is 26.3 Å². The molecule has 1 N–H and O–H groups in total. The van der Waals surface area contributed by atoms with E-state index in [2.05, 4.69) is 5.32 Å². The van der Waals surface area contributed by atoms with Crippen molar-refractivity contribution >= 4 is 17.6 Å². The molecule has 0 fully saturated rings. The number of esters is 1. The lowest BCUT2D eigenvalue weighted by atomic mass is 9.97. The molecule has 0 aromatic heterocycles. The van der Waals surface area contributed by atoms with Gasteiger partial charge in [0.1, 0.15) is 0 Å². The second-order valence-electron chi connectivity index (χ2n) is 6.32. The minimum absolute atomic E-state index is 0.266. The lowest BCUT2D eigenvalue weighted by molar-refractivity contribution is -0.150. The fourth-order valence-electron chi connectivity index (χ4n) is 2.62. The van der Waals surface area contributed by atoms with E-state index in [-0.39, 0.29) is 24.4 Å². The van der Waals surface area contributed by atoms with Gasteiger partial charge in [-0.3, -0.25) is 9.59 Å². The molecule has 0 spiro atoms. The van der Waals surface area contributed by atoms with Gasteiger partial charge in [0.25, 0.3) is 5.91 Å². The van der Waals surface area contributed by atoms with Crippen molar-refractivity contribution in [2.24, 2.45) is 0 Å². The van der Waals surface area contributed by atoms with E-state index in [1.165, 1.54) is 0 Å². The zero-order valence-electron chi connectivity index (χ0n) is 15.6. The van der Waals surface area contributed by atoms with E-state index in [9.17, 15) is 9.59 Å². The third-order valence-corrected chi connectivity index (χ3v) is 4.18. The molecule has 2 aromatic carbocycles. The Kier molecular flexibility index (Phi) is 7.21. The van der Waals surface area contributed by atoms with Gasteiger partial charge in [0.2, 0.25) is 0 Å². The Morgan fingerprint density at radius 2 is 1.69 bits per heavy atom. The van der Waals surface area contributed by atoms with Crippen LogP contribution in [0.3, 0.4) is 0 Å². The van der Waals surface area contributed by atoms with Crippen molar-refractivity contribution in [1.82, 2.24) is 5.32 Å². The highest BCUT2D eigenvalue weighted by Gasteiger charge is 2.20. The van der Waals surface area contributed by atoms with Crippen molar-refractivity contribution < 1.29 is 14.3 Å². The number of benzene rings is 2. The maximum Gasteiger partial charge on any atom is 0.313 e. The summed E-state index contributed by atoms with van der Waals surface area (Å²) in [6.07, 6.45) is 0.628. The smallest absolute Gasteiger partial charge is 0.313 e. The predicted molar refractivity (Wildman–Crippen MR) is 103 cm³/mol. The molecule has 2 aromatic rings. The standard InChI is InChI=1S/C21H26N2O3/c1-4-19(17-8-6-5-7-9-17)21(25)26-15-20(24)22-14-16-10-12-18(13-11-16)23(2)3/h5-13,19H,4,14-15H2,1-3H3,(H,22,24)/t19-/m0/s1. The highest BCUT2D eigenvalue weighted by atomic mass is 16.5. The molecule has 1 atom stereocenters. The number of amides is 1. The second kappa shape index (κ2) is 9.61. The van der Waals surface area contributed by atoms with Gasteiger partial charge in [-0.05, 0) is 29.7 Å². The van der Waals surface area contributed by atoms with Gasteiger partial charge in [-0.25, -0.2) is 0 Å². The predicted octanol–water partition coefficient (Wildman–Crippen LogP) is 3.11. The Balaban J connectivity index is 1.79. The molecule has 0 bridgehead atoms. The molecular formula is C21H26N2O3. The van der Waals surface area contributed by atoms with Gasteiger partial charge in [0.15, 0.2) is 6.61 Å². The van der Waals surface area contributed by atoms with Gasteiger partial charge >= 0.3 is 5.97 Å². The maximum atomic E-state index is 12.2. The summed E-state index contributed by atoms with van der Waals surface area (Å²) in [5.74, 6) is -1.02. The van der Waals surface area contributed by atoms with Crippen molar-refractivity contribution in [2.45, 2.75) is 25.8 Å². The highest BCUT2D eigenvalue weighted by molar-refractivity contribution is 5.83. The number of ether oxygens (including phenoxy) is 1. The Morgan fingerprint density at radius 3 is 2.27 bits per heavy atom. The van der Waals surface area contributed by atoms with Crippen LogP contribution in [0.1, 0.15) is 30.4 Å². The van der Waals surface area contributed by atoms with E-state index in [0.29, 0.717) is 13.0 Å². The topological polar surface area (TPSA) is 58.6 Å². The van der Waals surface area contributed by atoms with Crippen LogP contribution in [0.4, 0.5) is 5.69 Å². The number of anilines is 1. The fraction of sp³-hybridized carbons (Fsp3) is 0.333. The maximum absolute atomic E-state index is 12.2. The third kappa shape index (κ3) is 5.62. The summed E-state index contributed by atoms with van der Waals surface area (Å²) < 4.78 is 5.19. The van der Waals surface area contributed by atoms with Gasteiger partial charge in [-0.1, -0.05) is 49.4 Å². The Bertz CT molecular complexity index is 712. The van der Waals surface area contributed by atoms with Crippen LogP contribution in [0.5, 0.6) is 0 Å². The first kappa shape index (κ1) is 19.5. The van der Waals surface area contributed by atoms with Gasteiger partial charge in [-0.15, -0.1) is 0 Å². The summed E-state index contributed by atoms with van der Waals surface area (Å²) in [6, 6.07) is 17.4. The Hall–Kier alpha value is -2.82. The molecule has 1 amide bonds. The molecular weight excluding hydrogens is 328 g/mol. The van der Waals surface area contributed by atoms with E-state index in [0.717, 1.165) is 16.8 Å². The van der Waals surface area contributed by atoms with Crippen LogP contribution >= 0.6 is 0 Å². The van der Waals surface area contributed by atoms with E-state index < -0.39 is 0 Å². The molecule has 0 aliphatic heterocycles. The Labute approximate surface area is 155 Å². The summed E-state index contributed by atoms with van der Waals surface area (Å²) in [5.41, 5.74) is 2.99. The first-order valence-corrected chi connectivity index (χ1v) is 8.75. The van der Waals surface area contributed by atoms with Crippen LogP contribution in [0, 0.1) is 0 Å². The van der Waals surface area contributed by atoms with E-state index in [1.54, 1.807) is 0 Å². The molecule has 5 heteroatoms. The largest absolute Gasteiger partial charge is 0.455 e. The lowest BCUT2D eigenvalue weighted by Crippen LogP contribution is -2.29. The summed E-state index contributed by atoms with van der Waals surface area (Å²) in [5, 5.41) is 2.77. The first-order valence-electron chi connectivity index (χ1n) is 8.75. The first-order chi connectivity index (χ1) is 12.5. The number of nitrogens with zero attached hydrogens (tertiary/aromatic N) is 1. The van der Waals surface area contributed by atoms with Crippen molar-refractivity contribution in [3.05, 3.63) is 65.7 Å². The summed E-state index contributed by atoms with van der Waals surface area (Å²) >= 11 is 0. The van der Waals surface area contributed by atoms with Gasteiger partial charge in [0.05, 0.1) is 5.92 Å². The molecule has 0 saturated heterocycles. The number of rotatable bonds is 8. The Morgan fingerprint density at radius 1 is 1.04 bits per heavy atom. The number of nitrogens with one attached hydrogen (secondary N) is 1. The van der Waals surface area contributed by atoms with Crippen molar-refractivity contribution in [1.29, 1.82) is 0 Å². The molecule has 0 heterocycles. The number of carbonyl (C=O) groups excluding carboxylic acids is 2. The van der Waals surface area contributed by atoms with Crippen LogP contribution in [-0.4, -0.2) is 32.6 Å². The highest BCUT2D eigenvalue weighted by Crippen LogP contribution is 2.20. The SMILES string of the molecule is CC[C@H](C(=O)OCC(=O)NCc1ccc(N(C)C)cc1)c1ccccc1. The lowest BCUT2D eigenvalue weighted by Gasteiger charge is -2.15. The summed E-state index contributed by atoms with van der Waals surface area (Å²) in [4.78, 5) is 26.2. The van der Waals surface area contributed by atoms with E-state index in [4.69, 9.17) is 4.74 Å². The van der Waals surface area contributed by atoms with Gasteiger partial charge < -0.3 is 15.0 Å². The molecule has 0 unspecified atom stereocenters. The zero-order chi connectivity index (χ0) is 18.9. The van der Waals surface area contributed by atoms with Crippen molar-refractivity contribution in [2.75, 3.05) is 25.6 Å². The number of hydrogen-bond donors (Lipinski definition) is 1. The molecule has 5 nitrogen and oxygen atoms in total. The molecule has 26 heavy (non-hydrogen) atoms. The molecule has 0 radical (unpaired) electrons.